The van der Waals surface area contributed by atoms with E-state index in [1.54, 1.807) is 0 Å². The van der Waals surface area contributed by atoms with E-state index in [1.165, 1.54) is 9.80 Å². The molecule has 1 aliphatic carbocycles. The van der Waals surface area contributed by atoms with Gasteiger partial charge in [0, 0.05) is 11.1 Å². The van der Waals surface area contributed by atoms with Crippen molar-refractivity contribution in [2.24, 2.45) is 10.9 Å². The molecule has 2 aromatic rings. The largest absolute Gasteiger partial charge is 0.486 e. The van der Waals surface area contributed by atoms with Gasteiger partial charge >= 0.3 is 0 Å². The second-order valence-corrected chi connectivity index (χ2v) is 9.06. The summed E-state index contributed by atoms with van der Waals surface area (Å²) in [6.07, 6.45) is 0. The summed E-state index contributed by atoms with van der Waals surface area (Å²) in [5, 5.41) is 5.22. The maximum Gasteiger partial charge on any atom is 0.138 e. The number of rotatable bonds is 12. The Morgan fingerprint density at radius 1 is 0.697 bits per heavy atom. The van der Waals surface area contributed by atoms with Crippen LogP contribution in [-0.4, -0.2) is 58.2 Å². The van der Waals surface area contributed by atoms with E-state index in [0.29, 0.717) is 40.5 Å². The number of hydrazone groups is 1. The summed E-state index contributed by atoms with van der Waals surface area (Å²) in [7, 11) is 0. The van der Waals surface area contributed by atoms with E-state index in [1.807, 2.05) is 24.3 Å². The fraction of sp³-hybridized carbons (Fsp3) is 0.480. The van der Waals surface area contributed by atoms with Crippen molar-refractivity contribution in [2.45, 2.75) is 27.7 Å². The van der Waals surface area contributed by atoms with Gasteiger partial charge in [0.2, 0.25) is 0 Å². The number of hydrogen-bond acceptors (Lipinski definition) is 4. The average molecular weight is 495 g/mol. The predicted octanol–water partition coefficient (Wildman–Crippen LogP) is 2.29. The van der Waals surface area contributed by atoms with Gasteiger partial charge in [0.1, 0.15) is 37.8 Å². The lowest BCUT2D eigenvalue weighted by atomic mass is 10.1. The maximum atomic E-state index is 6.58. The first-order valence-corrected chi connectivity index (χ1v) is 12.6. The van der Waals surface area contributed by atoms with E-state index < -0.39 is 0 Å². The number of nitrogens with zero attached hydrogens (tertiary/aromatic N) is 1. The molecule has 3 rings (SSSR count). The molecule has 33 heavy (non-hydrogen) atoms. The molecule has 6 nitrogen and oxygen atoms in total. The van der Waals surface area contributed by atoms with Gasteiger partial charge in [0.05, 0.1) is 41.9 Å². The molecule has 1 aliphatic rings. The number of fused-ring (bicyclic) bond motifs is 3. The van der Waals surface area contributed by atoms with Crippen molar-refractivity contribution in [3.05, 3.63) is 45.4 Å². The zero-order valence-corrected chi connectivity index (χ0v) is 21.6. The van der Waals surface area contributed by atoms with Crippen molar-refractivity contribution in [3.8, 4) is 22.6 Å². The van der Waals surface area contributed by atoms with Crippen LogP contribution in [0.15, 0.2) is 29.4 Å². The summed E-state index contributed by atoms with van der Waals surface area (Å²) in [5.41, 5.74) is 4.36. The summed E-state index contributed by atoms with van der Waals surface area (Å²) >= 11 is 13.2. The molecular formula is C25H36Cl2N4O2+2. The van der Waals surface area contributed by atoms with Crippen LogP contribution in [-0.2, 0) is 0 Å². The number of hydrogen-bond donors (Lipinski definition) is 3. The number of ether oxygens (including phenoxy) is 2. The minimum absolute atomic E-state index is 0.561. The molecule has 0 radical (unpaired) electrons. The van der Waals surface area contributed by atoms with Crippen molar-refractivity contribution < 1.29 is 19.3 Å². The van der Waals surface area contributed by atoms with Gasteiger partial charge in [0.25, 0.3) is 0 Å². The summed E-state index contributed by atoms with van der Waals surface area (Å²) in [5.74, 6) is 7.10. The van der Waals surface area contributed by atoms with E-state index in [0.717, 1.165) is 61.5 Å². The third kappa shape index (κ3) is 5.75. The molecule has 0 bridgehead atoms. The predicted molar refractivity (Wildman–Crippen MR) is 137 cm³/mol. The minimum Gasteiger partial charge on any atom is -0.486 e. The smallest absolute Gasteiger partial charge is 0.138 e. The fourth-order valence-corrected chi connectivity index (χ4v) is 4.70. The van der Waals surface area contributed by atoms with E-state index in [2.05, 4.69) is 32.8 Å². The molecule has 0 aliphatic heterocycles. The van der Waals surface area contributed by atoms with E-state index in [9.17, 15) is 0 Å². The molecule has 0 fully saturated rings. The summed E-state index contributed by atoms with van der Waals surface area (Å²) < 4.78 is 12.1. The van der Waals surface area contributed by atoms with E-state index in [-0.39, 0.29) is 0 Å². The maximum absolute atomic E-state index is 6.58. The van der Waals surface area contributed by atoms with Gasteiger partial charge in [-0.1, -0.05) is 23.2 Å². The third-order valence-corrected chi connectivity index (χ3v) is 7.09. The monoisotopic (exact) mass is 494 g/mol. The van der Waals surface area contributed by atoms with Crippen molar-refractivity contribution >= 4 is 28.9 Å². The lowest BCUT2D eigenvalue weighted by Crippen LogP contribution is -3.12. The quantitative estimate of drug-likeness (QED) is 0.267. The molecule has 0 heterocycles. The standard InChI is InChI=1S/C25H34Cl2N4O2/c1-5-30(6-2)9-11-32-23-15-19-17(13-21(23)26)18-14-22(27)24(16-20(18)25(19)29-28)33-12-10-31(7-3)8-4/h13-16H,5-12,28H2,1-4H3/p+2. The Labute approximate surface area is 207 Å². The first-order chi connectivity index (χ1) is 16.0. The highest BCUT2D eigenvalue weighted by Crippen LogP contribution is 2.45. The Hall–Kier alpha value is -1.99. The number of nitrogens with two attached hydrogens (primary N) is 1. The fourth-order valence-electron chi connectivity index (χ4n) is 4.27. The lowest BCUT2D eigenvalue weighted by molar-refractivity contribution is -0.896. The van der Waals surface area contributed by atoms with Gasteiger partial charge < -0.3 is 25.1 Å². The Morgan fingerprint density at radius 3 is 1.42 bits per heavy atom. The SMILES string of the molecule is CC[NH+](CC)CCOc1cc2c(cc1Cl)-c1cc(Cl)c(OCC[NH+](CC)CC)cc1C2=NN. The molecule has 0 aromatic heterocycles. The molecule has 0 saturated carbocycles. The number of likely N-dealkylation sites (N-methyl/N-ethyl adjacent to an activating group) is 2. The van der Waals surface area contributed by atoms with Crippen LogP contribution in [0.2, 0.25) is 10.0 Å². The van der Waals surface area contributed by atoms with Crippen LogP contribution < -0.4 is 25.1 Å². The number of nitrogens with one attached hydrogen (secondary N) is 2. The molecular weight excluding hydrogens is 459 g/mol. The van der Waals surface area contributed by atoms with Crippen LogP contribution in [0, 0.1) is 0 Å². The second kappa shape index (κ2) is 11.9. The zero-order chi connectivity index (χ0) is 24.0. The van der Waals surface area contributed by atoms with Gasteiger partial charge in [-0.05, 0) is 63.1 Å². The summed E-state index contributed by atoms with van der Waals surface area (Å²) in [6.45, 7) is 16.0. The molecule has 0 spiro atoms. The van der Waals surface area contributed by atoms with E-state index >= 15 is 0 Å². The molecule has 0 unspecified atom stereocenters. The molecule has 0 saturated heterocycles. The first-order valence-electron chi connectivity index (χ1n) is 11.9. The highest BCUT2D eigenvalue weighted by atomic mass is 35.5. The topological polar surface area (TPSA) is 65.7 Å². The van der Waals surface area contributed by atoms with Crippen LogP contribution in [0.1, 0.15) is 38.8 Å². The first kappa shape index (κ1) is 25.6. The molecule has 0 atom stereocenters. The van der Waals surface area contributed by atoms with Crippen LogP contribution in [0.5, 0.6) is 11.5 Å². The summed E-state index contributed by atoms with van der Waals surface area (Å²) in [4.78, 5) is 2.96. The zero-order valence-electron chi connectivity index (χ0n) is 20.1. The molecule has 8 heteroatoms. The summed E-state index contributed by atoms with van der Waals surface area (Å²) in [6, 6.07) is 7.68. The van der Waals surface area contributed by atoms with E-state index in [4.69, 9.17) is 38.5 Å². The van der Waals surface area contributed by atoms with Crippen LogP contribution >= 0.6 is 23.2 Å². The highest BCUT2D eigenvalue weighted by molar-refractivity contribution is 6.35. The van der Waals surface area contributed by atoms with Crippen LogP contribution in [0.4, 0.5) is 0 Å². The molecule has 2 aromatic carbocycles. The second-order valence-electron chi connectivity index (χ2n) is 8.25. The van der Waals surface area contributed by atoms with Crippen molar-refractivity contribution in [2.75, 3.05) is 52.5 Å². The van der Waals surface area contributed by atoms with Crippen molar-refractivity contribution in [3.63, 3.8) is 0 Å². The minimum atomic E-state index is 0.561. The Bertz CT molecular complexity index is 913. The molecule has 0 amide bonds. The molecule has 4 N–H and O–H groups in total. The van der Waals surface area contributed by atoms with Gasteiger partial charge in [-0.15, -0.1) is 0 Å². The Kier molecular flexibility index (Phi) is 9.27. The molecule has 180 valence electrons. The van der Waals surface area contributed by atoms with Crippen molar-refractivity contribution in [1.82, 2.24) is 0 Å². The van der Waals surface area contributed by atoms with Crippen LogP contribution in [0.25, 0.3) is 11.1 Å². The number of halogens is 2. The highest BCUT2D eigenvalue weighted by Gasteiger charge is 2.29. The van der Waals surface area contributed by atoms with Gasteiger partial charge in [-0.2, -0.15) is 5.10 Å². The Morgan fingerprint density at radius 2 is 1.09 bits per heavy atom. The van der Waals surface area contributed by atoms with Crippen LogP contribution in [0.3, 0.4) is 0 Å². The number of benzene rings is 2. The number of quaternary nitrogens is 2. The average Bonchev–Trinajstić information content (AvgIpc) is 3.10. The van der Waals surface area contributed by atoms with Crippen molar-refractivity contribution in [1.29, 1.82) is 0 Å². The van der Waals surface area contributed by atoms with Gasteiger partial charge in [-0.25, -0.2) is 0 Å². The normalized spacial score (nSPS) is 12.3. The third-order valence-electron chi connectivity index (χ3n) is 6.50. The Balaban J connectivity index is 1.83. The lowest BCUT2D eigenvalue weighted by Gasteiger charge is -2.16. The van der Waals surface area contributed by atoms with Gasteiger partial charge in [0.15, 0.2) is 0 Å². The van der Waals surface area contributed by atoms with Gasteiger partial charge in [-0.3, -0.25) is 0 Å².